The number of carboxylic acid groups (broad SMARTS) is 2. The highest BCUT2D eigenvalue weighted by atomic mass is 16.4. The molecule has 0 amide bonds. The number of para-hydroxylation sites is 1. The molecule has 1 saturated carbocycles. The number of fused-ring (bicyclic) bond motifs is 1. The number of aliphatic hydroxyl groups is 2. The van der Waals surface area contributed by atoms with Crippen molar-refractivity contribution in [3.8, 4) is 5.75 Å². The lowest BCUT2D eigenvalue weighted by Crippen LogP contribution is -2.61. The highest BCUT2D eigenvalue weighted by Crippen LogP contribution is 2.56. The molecule has 2 fully saturated rings. The molecular formula is C29H38N2O7. The fourth-order valence-corrected chi connectivity index (χ4v) is 6.69. The van der Waals surface area contributed by atoms with Crippen molar-refractivity contribution in [3.05, 3.63) is 59.7 Å². The molecule has 2 aliphatic carbocycles. The SMILES string of the molecule is O=C(O)C(O)C(O)C(=O)O.Oc1ccc2c(c1)[C@@]13CCCC[C@H]1[C@@H](C2)N(CCCNc1ccccc1)CC3. The molecule has 2 bridgehead atoms. The topological polar surface area (TPSA) is 151 Å². The number of hydrogen-bond donors (Lipinski definition) is 6. The van der Waals surface area contributed by atoms with Gasteiger partial charge in [0, 0.05) is 30.2 Å². The van der Waals surface area contributed by atoms with Crippen LogP contribution in [0.5, 0.6) is 5.75 Å². The summed E-state index contributed by atoms with van der Waals surface area (Å²) in [5.41, 5.74) is 4.53. The van der Waals surface area contributed by atoms with E-state index < -0.39 is 24.1 Å². The number of rotatable bonds is 8. The number of carboxylic acids is 2. The summed E-state index contributed by atoms with van der Waals surface area (Å²) in [5, 5.41) is 46.2. The molecule has 206 valence electrons. The zero-order chi connectivity index (χ0) is 27.3. The van der Waals surface area contributed by atoms with E-state index in [9.17, 15) is 14.7 Å². The first-order valence-corrected chi connectivity index (χ1v) is 13.4. The van der Waals surface area contributed by atoms with Gasteiger partial charge in [0.25, 0.3) is 0 Å². The zero-order valence-corrected chi connectivity index (χ0v) is 21.5. The minimum absolute atomic E-state index is 0.327. The van der Waals surface area contributed by atoms with Crippen LogP contribution in [-0.4, -0.2) is 80.3 Å². The normalized spacial score (nSPS) is 25.5. The summed E-state index contributed by atoms with van der Waals surface area (Å²) < 4.78 is 0. The van der Waals surface area contributed by atoms with Gasteiger partial charge >= 0.3 is 11.9 Å². The molecule has 5 rings (SSSR count). The van der Waals surface area contributed by atoms with Gasteiger partial charge < -0.3 is 30.8 Å². The van der Waals surface area contributed by atoms with Crippen LogP contribution in [0.4, 0.5) is 5.69 Å². The Balaban J connectivity index is 0.000000289. The third-order valence-corrected chi connectivity index (χ3v) is 8.47. The Labute approximate surface area is 222 Å². The van der Waals surface area contributed by atoms with Crippen LogP contribution in [-0.2, 0) is 21.4 Å². The molecule has 3 aliphatic rings. The summed E-state index contributed by atoms with van der Waals surface area (Å²) in [6.07, 6.45) is 4.47. The number of aliphatic hydroxyl groups excluding tert-OH is 2. The van der Waals surface area contributed by atoms with Gasteiger partial charge in [-0.25, -0.2) is 9.59 Å². The van der Waals surface area contributed by atoms with Crippen LogP contribution in [0.3, 0.4) is 0 Å². The maximum absolute atomic E-state index is 10.1. The Bertz CT molecular complexity index is 1090. The smallest absolute Gasteiger partial charge is 0.335 e. The number of anilines is 1. The lowest BCUT2D eigenvalue weighted by atomic mass is 9.52. The van der Waals surface area contributed by atoms with Crippen LogP contribution < -0.4 is 5.32 Å². The second-order valence-corrected chi connectivity index (χ2v) is 10.6. The van der Waals surface area contributed by atoms with Gasteiger partial charge in [-0.3, -0.25) is 4.90 Å². The van der Waals surface area contributed by atoms with E-state index in [1.165, 1.54) is 68.4 Å². The van der Waals surface area contributed by atoms with Gasteiger partial charge in [0.05, 0.1) is 0 Å². The third-order valence-electron chi connectivity index (χ3n) is 8.47. The number of nitrogens with one attached hydrogen (secondary N) is 1. The van der Waals surface area contributed by atoms with Crippen LogP contribution in [0.25, 0.3) is 0 Å². The van der Waals surface area contributed by atoms with E-state index >= 15 is 0 Å². The van der Waals surface area contributed by atoms with Gasteiger partial charge in [0.1, 0.15) is 5.75 Å². The molecule has 0 spiro atoms. The highest BCUT2D eigenvalue weighted by molar-refractivity contribution is 5.83. The predicted octanol–water partition coefficient (Wildman–Crippen LogP) is 2.83. The maximum Gasteiger partial charge on any atom is 0.335 e. The largest absolute Gasteiger partial charge is 0.508 e. The molecule has 9 nitrogen and oxygen atoms in total. The fraction of sp³-hybridized carbons (Fsp3) is 0.517. The molecule has 0 aromatic heterocycles. The van der Waals surface area contributed by atoms with Crippen molar-refractivity contribution in [2.24, 2.45) is 5.92 Å². The van der Waals surface area contributed by atoms with E-state index in [2.05, 4.69) is 52.7 Å². The highest BCUT2D eigenvalue weighted by Gasteiger charge is 2.53. The molecular weight excluding hydrogens is 488 g/mol. The number of phenolic OH excluding ortho intramolecular Hbond substituents is 1. The van der Waals surface area contributed by atoms with Crippen LogP contribution in [0.2, 0.25) is 0 Å². The van der Waals surface area contributed by atoms with E-state index in [0.29, 0.717) is 17.2 Å². The minimum atomic E-state index is -2.27. The van der Waals surface area contributed by atoms with Gasteiger partial charge in [-0.15, -0.1) is 0 Å². The quantitative estimate of drug-likeness (QED) is 0.285. The lowest BCUT2D eigenvalue weighted by Gasteiger charge is -2.59. The molecule has 2 unspecified atom stereocenters. The molecule has 1 saturated heterocycles. The molecule has 6 N–H and O–H groups in total. The molecule has 2 aromatic rings. The summed E-state index contributed by atoms with van der Waals surface area (Å²) in [6.45, 7) is 3.43. The number of aromatic hydroxyl groups is 1. The second kappa shape index (κ2) is 12.1. The number of nitrogens with zero attached hydrogens (tertiary/aromatic N) is 1. The van der Waals surface area contributed by atoms with E-state index in [1.807, 2.05) is 6.07 Å². The molecule has 9 heteroatoms. The molecule has 0 radical (unpaired) electrons. The minimum Gasteiger partial charge on any atom is -0.508 e. The van der Waals surface area contributed by atoms with Gasteiger partial charge in [-0.05, 0) is 80.0 Å². The van der Waals surface area contributed by atoms with E-state index in [-0.39, 0.29) is 0 Å². The second-order valence-electron chi connectivity index (χ2n) is 10.6. The number of hydrogen-bond acceptors (Lipinski definition) is 7. The maximum atomic E-state index is 10.1. The summed E-state index contributed by atoms with van der Waals surface area (Å²) in [7, 11) is 0. The van der Waals surface area contributed by atoms with Crippen molar-refractivity contribution < 1.29 is 35.1 Å². The Kier molecular flexibility index (Phi) is 8.91. The Hall–Kier alpha value is -3.14. The summed E-state index contributed by atoms with van der Waals surface area (Å²) in [6, 6.07) is 17.4. The summed E-state index contributed by atoms with van der Waals surface area (Å²) in [5.74, 6) is -2.32. The fourth-order valence-electron chi connectivity index (χ4n) is 6.69. The van der Waals surface area contributed by atoms with Crippen LogP contribution in [0, 0.1) is 5.92 Å². The summed E-state index contributed by atoms with van der Waals surface area (Å²) in [4.78, 5) is 22.3. The average molecular weight is 527 g/mol. The Morgan fingerprint density at radius 2 is 1.71 bits per heavy atom. The third kappa shape index (κ3) is 5.95. The molecule has 1 heterocycles. The van der Waals surface area contributed by atoms with E-state index in [4.69, 9.17) is 20.4 Å². The molecule has 38 heavy (non-hydrogen) atoms. The van der Waals surface area contributed by atoms with E-state index in [0.717, 1.165) is 18.9 Å². The van der Waals surface area contributed by atoms with E-state index in [1.54, 1.807) is 0 Å². The first kappa shape index (κ1) is 27.9. The lowest BCUT2D eigenvalue weighted by molar-refractivity contribution is -0.165. The van der Waals surface area contributed by atoms with Crippen LogP contribution in [0.15, 0.2) is 48.5 Å². The van der Waals surface area contributed by atoms with Gasteiger partial charge in [0.15, 0.2) is 12.2 Å². The number of piperidine rings is 1. The van der Waals surface area contributed by atoms with Gasteiger partial charge in [0.2, 0.25) is 0 Å². The predicted molar refractivity (Wildman–Crippen MR) is 142 cm³/mol. The molecule has 1 aliphatic heterocycles. The van der Waals surface area contributed by atoms with Crippen LogP contribution in [0.1, 0.15) is 49.7 Å². The average Bonchev–Trinajstić information content (AvgIpc) is 2.92. The molecule has 2 aromatic carbocycles. The zero-order valence-electron chi connectivity index (χ0n) is 21.5. The van der Waals surface area contributed by atoms with Crippen molar-refractivity contribution in [1.82, 2.24) is 4.90 Å². The van der Waals surface area contributed by atoms with Crippen molar-refractivity contribution in [3.63, 3.8) is 0 Å². The van der Waals surface area contributed by atoms with Crippen molar-refractivity contribution in [1.29, 1.82) is 0 Å². The number of likely N-dealkylation sites (tertiary alicyclic amines) is 1. The van der Waals surface area contributed by atoms with Gasteiger partial charge in [-0.2, -0.15) is 0 Å². The Morgan fingerprint density at radius 1 is 1.00 bits per heavy atom. The number of benzene rings is 2. The number of phenols is 1. The monoisotopic (exact) mass is 526 g/mol. The van der Waals surface area contributed by atoms with Gasteiger partial charge in [-0.1, -0.05) is 37.1 Å². The standard InChI is InChI=1S/C25H32N2O.C4H6O6/c28-21-11-10-19-17-24-22-9-4-5-12-25(22,23(19)18-21)13-16-27(24)15-6-14-26-20-7-2-1-3-8-20;5-1(3(7)8)2(6)4(9)10/h1-3,7-8,10-11,18,22,24,26,28H,4-6,9,12-17H2;1-2,5-6H,(H,7,8)(H,9,10)/t22-,24+,25+;/m0./s1. The number of carbonyl (C=O) groups is 2. The first-order chi connectivity index (χ1) is 18.2. The first-order valence-electron chi connectivity index (χ1n) is 13.4. The van der Waals surface area contributed by atoms with Crippen LogP contribution >= 0.6 is 0 Å². The number of aliphatic carboxylic acids is 2. The van der Waals surface area contributed by atoms with Crippen molar-refractivity contribution in [2.75, 3.05) is 25.0 Å². The Morgan fingerprint density at radius 3 is 2.39 bits per heavy atom. The molecule has 5 atom stereocenters. The van der Waals surface area contributed by atoms with Crippen molar-refractivity contribution >= 4 is 17.6 Å². The van der Waals surface area contributed by atoms with Crippen molar-refractivity contribution in [2.45, 2.75) is 68.6 Å². The summed E-state index contributed by atoms with van der Waals surface area (Å²) >= 11 is 0.